The van der Waals surface area contributed by atoms with E-state index in [1.165, 1.54) is 17.0 Å². The largest absolute Gasteiger partial charge is 0.417 e. The van der Waals surface area contributed by atoms with Crippen LogP contribution in [0.25, 0.3) is 0 Å². The Labute approximate surface area is 128 Å². The molecule has 1 aliphatic rings. The van der Waals surface area contributed by atoms with E-state index < -0.39 is 23.8 Å². The Kier molecular flexibility index (Phi) is 4.63. The lowest BCUT2D eigenvalue weighted by Crippen LogP contribution is -2.45. The summed E-state index contributed by atoms with van der Waals surface area (Å²) in [6.45, 7) is 2.51. The number of alkyl halides is 3. The lowest BCUT2D eigenvalue weighted by molar-refractivity contribution is -0.138. The van der Waals surface area contributed by atoms with Gasteiger partial charge in [-0.25, -0.2) is 0 Å². The molecule has 0 aliphatic carbocycles. The van der Waals surface area contributed by atoms with Crippen molar-refractivity contribution < 1.29 is 23.1 Å². The number of halogens is 4. The Hall–Kier alpha value is -1.08. The third kappa shape index (κ3) is 3.58. The van der Waals surface area contributed by atoms with Crippen LogP contribution in [0.4, 0.5) is 13.2 Å². The zero-order chi connectivity index (χ0) is 15.8. The number of nitrogens with zero attached hydrogens (tertiary/aromatic N) is 1. The molecule has 1 amide bonds. The number of rotatable bonds is 1. The van der Waals surface area contributed by atoms with Crippen molar-refractivity contribution in [1.82, 2.24) is 4.90 Å². The second-order valence-corrected chi connectivity index (χ2v) is 6.13. The van der Waals surface area contributed by atoms with Crippen molar-refractivity contribution >= 4 is 21.8 Å². The average molecular weight is 366 g/mol. The summed E-state index contributed by atoms with van der Waals surface area (Å²) < 4.78 is 38.5. The second kappa shape index (κ2) is 5.96. The molecule has 0 bridgehead atoms. The molecule has 1 fully saturated rings. The fourth-order valence-corrected chi connectivity index (χ4v) is 2.85. The van der Waals surface area contributed by atoms with E-state index in [1.54, 1.807) is 0 Å². The van der Waals surface area contributed by atoms with Crippen LogP contribution in [0.1, 0.15) is 29.3 Å². The molecule has 1 N–H and O–H groups in total. The molecule has 0 saturated carbocycles. The second-order valence-electron chi connectivity index (χ2n) is 5.28. The van der Waals surface area contributed by atoms with E-state index in [2.05, 4.69) is 15.9 Å². The van der Waals surface area contributed by atoms with Gasteiger partial charge in [0.1, 0.15) is 0 Å². The van der Waals surface area contributed by atoms with Gasteiger partial charge in [-0.1, -0.05) is 22.9 Å². The highest BCUT2D eigenvalue weighted by molar-refractivity contribution is 9.10. The Morgan fingerprint density at radius 2 is 2.10 bits per heavy atom. The number of hydrogen-bond acceptors (Lipinski definition) is 2. The molecule has 2 unspecified atom stereocenters. The lowest BCUT2D eigenvalue weighted by Gasteiger charge is -2.34. The normalized spacial score (nSPS) is 23.2. The third-order valence-corrected chi connectivity index (χ3v) is 4.36. The van der Waals surface area contributed by atoms with Crippen LogP contribution in [0, 0.1) is 5.92 Å². The molecule has 1 aliphatic heterocycles. The zero-order valence-corrected chi connectivity index (χ0v) is 12.9. The van der Waals surface area contributed by atoms with Crippen LogP contribution in [0.3, 0.4) is 0 Å². The van der Waals surface area contributed by atoms with Gasteiger partial charge in [0.05, 0.1) is 11.7 Å². The average Bonchev–Trinajstić information content (AvgIpc) is 2.40. The first-order valence-electron chi connectivity index (χ1n) is 6.54. The van der Waals surface area contributed by atoms with Crippen LogP contribution in [-0.2, 0) is 6.18 Å². The molecule has 7 heteroatoms. The fraction of sp³-hybridized carbons (Fsp3) is 0.500. The number of benzene rings is 1. The molecular formula is C14H15BrF3NO2. The van der Waals surface area contributed by atoms with Gasteiger partial charge < -0.3 is 10.0 Å². The summed E-state index contributed by atoms with van der Waals surface area (Å²) in [4.78, 5) is 13.8. The van der Waals surface area contributed by atoms with Gasteiger partial charge >= 0.3 is 6.18 Å². The predicted molar refractivity (Wildman–Crippen MR) is 74.8 cm³/mol. The number of amides is 1. The first-order chi connectivity index (χ1) is 9.70. The number of aliphatic hydroxyl groups is 1. The summed E-state index contributed by atoms with van der Waals surface area (Å²) in [6, 6.07) is 3.47. The van der Waals surface area contributed by atoms with E-state index in [0.29, 0.717) is 19.5 Å². The van der Waals surface area contributed by atoms with Crippen molar-refractivity contribution in [3.05, 3.63) is 33.8 Å². The Bertz CT molecular complexity index is 548. The molecule has 0 aromatic heterocycles. The van der Waals surface area contributed by atoms with E-state index in [-0.39, 0.29) is 16.0 Å². The summed E-state index contributed by atoms with van der Waals surface area (Å²) in [5.41, 5.74) is -0.854. The molecule has 21 heavy (non-hydrogen) atoms. The van der Waals surface area contributed by atoms with Crippen molar-refractivity contribution in [1.29, 1.82) is 0 Å². The Balaban J connectivity index is 2.24. The van der Waals surface area contributed by atoms with Crippen LogP contribution in [0.15, 0.2) is 22.7 Å². The fourth-order valence-electron chi connectivity index (χ4n) is 2.38. The number of aliphatic hydroxyl groups excluding tert-OH is 1. The first-order valence-corrected chi connectivity index (χ1v) is 7.33. The van der Waals surface area contributed by atoms with E-state index in [0.717, 1.165) is 6.07 Å². The van der Waals surface area contributed by atoms with Crippen molar-refractivity contribution in [2.75, 3.05) is 13.1 Å². The van der Waals surface area contributed by atoms with Gasteiger partial charge in [-0.15, -0.1) is 0 Å². The van der Waals surface area contributed by atoms with Crippen molar-refractivity contribution in [2.45, 2.75) is 25.6 Å². The van der Waals surface area contributed by atoms with Crippen LogP contribution in [0.2, 0.25) is 0 Å². The quantitative estimate of drug-likeness (QED) is 0.829. The van der Waals surface area contributed by atoms with Crippen LogP contribution < -0.4 is 0 Å². The highest BCUT2D eigenvalue weighted by Crippen LogP contribution is 2.35. The molecule has 1 saturated heterocycles. The van der Waals surface area contributed by atoms with Crippen molar-refractivity contribution in [3.8, 4) is 0 Å². The summed E-state index contributed by atoms with van der Waals surface area (Å²) >= 11 is 2.85. The summed E-state index contributed by atoms with van der Waals surface area (Å²) in [5.74, 6) is -0.521. The Morgan fingerprint density at radius 1 is 1.43 bits per heavy atom. The number of carbonyl (C=O) groups excluding carboxylic acids is 1. The van der Waals surface area contributed by atoms with Crippen LogP contribution in [-0.4, -0.2) is 35.1 Å². The smallest absolute Gasteiger partial charge is 0.393 e. The summed E-state index contributed by atoms with van der Waals surface area (Å²) in [6.07, 6.45) is -4.54. The molecule has 1 heterocycles. The summed E-state index contributed by atoms with van der Waals surface area (Å²) in [5, 5.41) is 9.64. The minimum absolute atomic E-state index is 0.00844. The monoisotopic (exact) mass is 365 g/mol. The lowest BCUT2D eigenvalue weighted by atomic mass is 9.96. The molecule has 2 rings (SSSR count). The molecule has 0 radical (unpaired) electrons. The van der Waals surface area contributed by atoms with Crippen LogP contribution in [0.5, 0.6) is 0 Å². The number of likely N-dealkylation sites (tertiary alicyclic amines) is 1. The molecule has 0 spiro atoms. The molecule has 3 nitrogen and oxygen atoms in total. The van der Waals surface area contributed by atoms with Gasteiger partial charge in [0.2, 0.25) is 0 Å². The maximum absolute atomic E-state index is 12.9. The van der Waals surface area contributed by atoms with Gasteiger partial charge in [-0.2, -0.15) is 13.2 Å². The van der Waals surface area contributed by atoms with Gasteiger partial charge in [0, 0.05) is 23.1 Å². The van der Waals surface area contributed by atoms with Gasteiger partial charge in [-0.3, -0.25) is 4.79 Å². The Morgan fingerprint density at radius 3 is 2.67 bits per heavy atom. The third-order valence-electron chi connectivity index (χ3n) is 3.67. The highest BCUT2D eigenvalue weighted by atomic mass is 79.9. The topological polar surface area (TPSA) is 40.5 Å². The number of hydrogen-bond donors (Lipinski definition) is 1. The molecule has 1 aromatic carbocycles. The first kappa shape index (κ1) is 16.3. The minimum Gasteiger partial charge on any atom is -0.393 e. The van der Waals surface area contributed by atoms with Gasteiger partial charge in [0.25, 0.3) is 5.91 Å². The predicted octanol–water partition coefficient (Wildman–Crippen LogP) is 3.31. The van der Waals surface area contributed by atoms with Crippen molar-refractivity contribution in [2.24, 2.45) is 5.92 Å². The number of carbonyl (C=O) groups is 1. The number of piperidine rings is 1. The van der Waals surface area contributed by atoms with Crippen LogP contribution >= 0.6 is 15.9 Å². The van der Waals surface area contributed by atoms with Gasteiger partial charge in [0.15, 0.2) is 0 Å². The molecule has 116 valence electrons. The van der Waals surface area contributed by atoms with E-state index in [4.69, 9.17) is 0 Å². The summed E-state index contributed by atoms with van der Waals surface area (Å²) in [7, 11) is 0. The SMILES string of the molecule is CC1CN(C(=O)c2ccc(Br)c(C(F)(F)F)c2)CCC1O. The van der Waals surface area contributed by atoms with E-state index >= 15 is 0 Å². The maximum atomic E-state index is 12.9. The van der Waals surface area contributed by atoms with Gasteiger partial charge in [-0.05, 0) is 30.5 Å². The minimum atomic E-state index is -4.51. The maximum Gasteiger partial charge on any atom is 0.417 e. The van der Waals surface area contributed by atoms with Crippen molar-refractivity contribution in [3.63, 3.8) is 0 Å². The van der Waals surface area contributed by atoms with E-state index in [9.17, 15) is 23.1 Å². The zero-order valence-electron chi connectivity index (χ0n) is 11.3. The standard InChI is InChI=1S/C14H15BrF3NO2/c1-8-7-19(5-4-12(8)20)13(21)9-2-3-11(15)10(6-9)14(16,17)18/h2-3,6,8,12,20H,4-5,7H2,1H3. The molecule has 2 atom stereocenters. The molecular weight excluding hydrogens is 351 g/mol. The van der Waals surface area contributed by atoms with E-state index in [1.807, 2.05) is 6.92 Å². The molecule has 1 aromatic rings. The highest BCUT2D eigenvalue weighted by Gasteiger charge is 2.34.